The molecular weight excluding hydrogens is 268 g/mol. The molecule has 2 heteroatoms. The number of benzene rings is 1. The van der Waals surface area contributed by atoms with E-state index in [4.69, 9.17) is 0 Å². The van der Waals surface area contributed by atoms with Gasteiger partial charge in [0.1, 0.15) is 0 Å². The SMILES string of the molecule is c1ccc(CN(Cc2ccncc2)CC2CCCCC2)cc1. The van der Waals surface area contributed by atoms with E-state index in [1.54, 1.807) is 0 Å². The van der Waals surface area contributed by atoms with E-state index in [2.05, 4.69) is 52.3 Å². The average Bonchev–Trinajstić information content (AvgIpc) is 2.57. The van der Waals surface area contributed by atoms with Crippen molar-refractivity contribution in [2.75, 3.05) is 6.54 Å². The molecule has 0 spiro atoms. The molecule has 2 aromatic rings. The first-order chi connectivity index (χ1) is 10.9. The van der Waals surface area contributed by atoms with E-state index < -0.39 is 0 Å². The van der Waals surface area contributed by atoms with Crippen molar-refractivity contribution >= 4 is 0 Å². The topological polar surface area (TPSA) is 16.1 Å². The summed E-state index contributed by atoms with van der Waals surface area (Å²) in [4.78, 5) is 6.75. The van der Waals surface area contributed by atoms with E-state index in [0.29, 0.717) is 0 Å². The quantitative estimate of drug-likeness (QED) is 0.770. The zero-order chi connectivity index (χ0) is 15.0. The maximum atomic E-state index is 4.13. The van der Waals surface area contributed by atoms with Crippen molar-refractivity contribution in [2.45, 2.75) is 45.2 Å². The van der Waals surface area contributed by atoms with Gasteiger partial charge in [0.05, 0.1) is 0 Å². The third kappa shape index (κ3) is 4.67. The standard InChI is InChI=1S/C20H26N2/c1-3-7-18(8-4-1)15-22(16-19-9-5-2-6-10-19)17-20-11-13-21-14-12-20/h1,3-4,7-8,11-14,19H,2,5-6,9-10,15-17H2. The second-order valence-electron chi connectivity index (χ2n) is 6.51. The molecule has 1 aliphatic rings. The number of pyridine rings is 1. The lowest BCUT2D eigenvalue weighted by Crippen LogP contribution is -2.30. The van der Waals surface area contributed by atoms with E-state index >= 15 is 0 Å². The van der Waals surface area contributed by atoms with Crippen LogP contribution in [-0.2, 0) is 13.1 Å². The van der Waals surface area contributed by atoms with Gasteiger partial charge in [-0.25, -0.2) is 0 Å². The molecule has 3 rings (SSSR count). The molecule has 0 N–H and O–H groups in total. The Hall–Kier alpha value is -1.67. The molecule has 0 unspecified atom stereocenters. The molecule has 0 atom stereocenters. The highest BCUT2D eigenvalue weighted by molar-refractivity contribution is 5.15. The predicted molar refractivity (Wildman–Crippen MR) is 91.4 cm³/mol. The summed E-state index contributed by atoms with van der Waals surface area (Å²) in [5.74, 6) is 0.874. The lowest BCUT2D eigenvalue weighted by Gasteiger charge is -2.30. The van der Waals surface area contributed by atoms with Gasteiger partial charge in [-0.3, -0.25) is 9.88 Å². The highest BCUT2D eigenvalue weighted by Crippen LogP contribution is 2.25. The predicted octanol–water partition coefficient (Wildman–Crippen LogP) is 4.66. The van der Waals surface area contributed by atoms with Crippen LogP contribution >= 0.6 is 0 Å². The monoisotopic (exact) mass is 294 g/mol. The van der Waals surface area contributed by atoms with Crippen LogP contribution in [0.4, 0.5) is 0 Å². The van der Waals surface area contributed by atoms with Crippen LogP contribution in [0.1, 0.15) is 43.2 Å². The minimum absolute atomic E-state index is 0.874. The van der Waals surface area contributed by atoms with Gasteiger partial charge in [-0.05, 0) is 42.0 Å². The first-order valence-electron chi connectivity index (χ1n) is 8.55. The van der Waals surface area contributed by atoms with Crippen LogP contribution in [0.2, 0.25) is 0 Å². The molecule has 1 aromatic carbocycles. The summed E-state index contributed by atoms with van der Waals surface area (Å²) in [6, 6.07) is 15.1. The minimum atomic E-state index is 0.874. The first-order valence-corrected chi connectivity index (χ1v) is 8.55. The highest BCUT2D eigenvalue weighted by Gasteiger charge is 2.17. The second kappa shape index (κ2) is 8.09. The minimum Gasteiger partial charge on any atom is -0.295 e. The number of hydrogen-bond acceptors (Lipinski definition) is 2. The average molecular weight is 294 g/mol. The van der Waals surface area contributed by atoms with Gasteiger partial charge < -0.3 is 0 Å². The summed E-state index contributed by atoms with van der Waals surface area (Å²) in [6.07, 6.45) is 10.9. The highest BCUT2D eigenvalue weighted by atomic mass is 15.1. The fourth-order valence-corrected chi connectivity index (χ4v) is 3.51. The second-order valence-corrected chi connectivity index (χ2v) is 6.51. The molecule has 1 saturated carbocycles. The van der Waals surface area contributed by atoms with Crippen molar-refractivity contribution in [3.05, 3.63) is 66.0 Å². The van der Waals surface area contributed by atoms with Crippen molar-refractivity contribution in [3.63, 3.8) is 0 Å². The third-order valence-electron chi connectivity index (χ3n) is 4.65. The van der Waals surface area contributed by atoms with Crippen LogP contribution in [0.15, 0.2) is 54.9 Å². The van der Waals surface area contributed by atoms with Gasteiger partial charge in [0.2, 0.25) is 0 Å². The Morgan fingerprint density at radius 1 is 0.818 bits per heavy atom. The molecule has 0 aliphatic heterocycles. The van der Waals surface area contributed by atoms with E-state index in [1.807, 2.05) is 12.4 Å². The lowest BCUT2D eigenvalue weighted by molar-refractivity contribution is 0.187. The molecule has 1 aliphatic carbocycles. The fraction of sp³-hybridized carbons (Fsp3) is 0.450. The number of rotatable bonds is 6. The molecule has 2 nitrogen and oxygen atoms in total. The Kier molecular flexibility index (Phi) is 5.60. The summed E-state index contributed by atoms with van der Waals surface area (Å²) < 4.78 is 0. The van der Waals surface area contributed by atoms with Crippen LogP contribution < -0.4 is 0 Å². The maximum absolute atomic E-state index is 4.13. The Morgan fingerprint density at radius 3 is 2.14 bits per heavy atom. The molecule has 1 aromatic heterocycles. The molecule has 1 heterocycles. The Bertz CT molecular complexity index is 491. The number of nitrogens with zero attached hydrogens (tertiary/aromatic N) is 2. The van der Waals surface area contributed by atoms with Gasteiger partial charge >= 0.3 is 0 Å². The van der Waals surface area contributed by atoms with Crippen LogP contribution in [0.25, 0.3) is 0 Å². The zero-order valence-electron chi connectivity index (χ0n) is 13.3. The number of aromatic nitrogens is 1. The molecule has 0 amide bonds. The lowest BCUT2D eigenvalue weighted by atomic mass is 9.89. The summed E-state index contributed by atoms with van der Waals surface area (Å²) in [5, 5.41) is 0. The van der Waals surface area contributed by atoms with Gasteiger partial charge in [0.25, 0.3) is 0 Å². The summed E-state index contributed by atoms with van der Waals surface area (Å²) >= 11 is 0. The van der Waals surface area contributed by atoms with E-state index in [0.717, 1.165) is 19.0 Å². The van der Waals surface area contributed by atoms with Crippen molar-refractivity contribution in [1.82, 2.24) is 9.88 Å². The van der Waals surface area contributed by atoms with Crippen LogP contribution in [0.3, 0.4) is 0 Å². The normalized spacial score (nSPS) is 16.0. The summed E-state index contributed by atoms with van der Waals surface area (Å²) in [5.41, 5.74) is 2.77. The van der Waals surface area contributed by atoms with Gasteiger partial charge in [-0.1, -0.05) is 49.6 Å². The molecule has 1 fully saturated rings. The molecule has 0 bridgehead atoms. The largest absolute Gasteiger partial charge is 0.295 e. The Labute approximate surface area is 134 Å². The zero-order valence-corrected chi connectivity index (χ0v) is 13.3. The van der Waals surface area contributed by atoms with E-state index in [1.165, 1.54) is 49.8 Å². The van der Waals surface area contributed by atoms with E-state index in [-0.39, 0.29) is 0 Å². The van der Waals surface area contributed by atoms with Gasteiger partial charge in [0.15, 0.2) is 0 Å². The smallest absolute Gasteiger partial charge is 0.0271 e. The van der Waals surface area contributed by atoms with Gasteiger partial charge in [-0.2, -0.15) is 0 Å². The molecule has 116 valence electrons. The van der Waals surface area contributed by atoms with E-state index in [9.17, 15) is 0 Å². The molecular formula is C20H26N2. The molecule has 0 saturated heterocycles. The van der Waals surface area contributed by atoms with Crippen LogP contribution in [0, 0.1) is 5.92 Å². The maximum Gasteiger partial charge on any atom is 0.0271 e. The van der Waals surface area contributed by atoms with Crippen LogP contribution in [0.5, 0.6) is 0 Å². The summed E-state index contributed by atoms with van der Waals surface area (Å²) in [6.45, 7) is 3.28. The fourth-order valence-electron chi connectivity index (χ4n) is 3.51. The molecule has 0 radical (unpaired) electrons. The Balaban J connectivity index is 1.66. The van der Waals surface area contributed by atoms with Crippen molar-refractivity contribution in [2.24, 2.45) is 5.92 Å². The first kappa shape index (κ1) is 15.2. The van der Waals surface area contributed by atoms with Gasteiger partial charge in [0, 0.05) is 32.0 Å². The van der Waals surface area contributed by atoms with Gasteiger partial charge in [-0.15, -0.1) is 0 Å². The third-order valence-corrected chi connectivity index (χ3v) is 4.65. The molecule has 22 heavy (non-hydrogen) atoms. The number of hydrogen-bond donors (Lipinski definition) is 0. The van der Waals surface area contributed by atoms with Crippen molar-refractivity contribution in [3.8, 4) is 0 Å². The van der Waals surface area contributed by atoms with Crippen LogP contribution in [-0.4, -0.2) is 16.4 Å². The van der Waals surface area contributed by atoms with Crippen molar-refractivity contribution in [1.29, 1.82) is 0 Å². The van der Waals surface area contributed by atoms with Crippen molar-refractivity contribution < 1.29 is 0 Å². The summed E-state index contributed by atoms with van der Waals surface area (Å²) in [7, 11) is 0. The Morgan fingerprint density at radius 2 is 1.45 bits per heavy atom.